The lowest BCUT2D eigenvalue weighted by Crippen LogP contribution is -2.36. The SMILES string of the molecule is C=C(CN1CCN(C(=O)c2cccc3ccccc23)Cc2ccccc21)N/C=C\C. The number of nitrogens with zero attached hydrogens (tertiary/aromatic N) is 2. The number of benzene rings is 3. The second-order valence-corrected chi connectivity index (χ2v) is 7.55. The molecule has 4 nitrogen and oxygen atoms in total. The molecule has 3 aromatic rings. The molecule has 0 fully saturated rings. The van der Waals surface area contributed by atoms with Gasteiger partial charge in [-0.1, -0.05) is 67.3 Å². The van der Waals surface area contributed by atoms with Gasteiger partial charge in [0.15, 0.2) is 0 Å². The number of allylic oxidation sites excluding steroid dienone is 1. The van der Waals surface area contributed by atoms with Crippen LogP contribution in [0.5, 0.6) is 0 Å². The van der Waals surface area contributed by atoms with E-state index in [1.807, 2.05) is 60.5 Å². The highest BCUT2D eigenvalue weighted by molar-refractivity contribution is 6.07. The molecule has 1 aliphatic heterocycles. The number of hydrogen-bond acceptors (Lipinski definition) is 3. The Labute approximate surface area is 178 Å². The van der Waals surface area contributed by atoms with Gasteiger partial charge in [0, 0.05) is 36.6 Å². The number of hydrogen-bond donors (Lipinski definition) is 1. The van der Waals surface area contributed by atoms with Gasteiger partial charge >= 0.3 is 0 Å². The first kappa shape index (κ1) is 19.8. The Morgan fingerprint density at radius 2 is 1.80 bits per heavy atom. The molecule has 152 valence electrons. The third-order valence-corrected chi connectivity index (χ3v) is 5.48. The lowest BCUT2D eigenvalue weighted by atomic mass is 10.0. The summed E-state index contributed by atoms with van der Waals surface area (Å²) in [5.74, 6) is 0.0781. The van der Waals surface area contributed by atoms with E-state index in [0.717, 1.165) is 39.8 Å². The van der Waals surface area contributed by atoms with Crippen molar-refractivity contribution < 1.29 is 4.79 Å². The Kier molecular flexibility index (Phi) is 5.84. The number of para-hydroxylation sites is 1. The van der Waals surface area contributed by atoms with Crippen molar-refractivity contribution in [1.82, 2.24) is 10.2 Å². The summed E-state index contributed by atoms with van der Waals surface area (Å²) in [6.45, 7) is 8.82. The third-order valence-electron chi connectivity index (χ3n) is 5.48. The topological polar surface area (TPSA) is 35.6 Å². The highest BCUT2D eigenvalue weighted by Gasteiger charge is 2.24. The van der Waals surface area contributed by atoms with Gasteiger partial charge < -0.3 is 15.1 Å². The van der Waals surface area contributed by atoms with Gasteiger partial charge in [0.2, 0.25) is 0 Å². The Balaban J connectivity index is 1.61. The van der Waals surface area contributed by atoms with Crippen LogP contribution in [0.3, 0.4) is 0 Å². The van der Waals surface area contributed by atoms with Crippen molar-refractivity contribution in [3.05, 3.63) is 102 Å². The van der Waals surface area contributed by atoms with E-state index in [1.54, 1.807) is 0 Å². The molecule has 30 heavy (non-hydrogen) atoms. The molecule has 0 aromatic heterocycles. The van der Waals surface area contributed by atoms with Crippen LogP contribution in [0, 0.1) is 0 Å². The zero-order valence-corrected chi connectivity index (χ0v) is 17.3. The Morgan fingerprint density at radius 1 is 1.03 bits per heavy atom. The monoisotopic (exact) mass is 397 g/mol. The van der Waals surface area contributed by atoms with Gasteiger partial charge in [-0.3, -0.25) is 4.79 Å². The van der Waals surface area contributed by atoms with Crippen molar-refractivity contribution in [2.45, 2.75) is 13.5 Å². The first-order valence-corrected chi connectivity index (χ1v) is 10.3. The molecular formula is C26H27N3O. The summed E-state index contributed by atoms with van der Waals surface area (Å²) in [5.41, 5.74) is 4.01. The van der Waals surface area contributed by atoms with Crippen molar-refractivity contribution in [2.75, 3.05) is 24.5 Å². The molecule has 0 saturated heterocycles. The zero-order valence-electron chi connectivity index (χ0n) is 17.3. The largest absolute Gasteiger partial charge is 0.364 e. The summed E-state index contributed by atoms with van der Waals surface area (Å²) in [5, 5.41) is 5.31. The number of carbonyl (C=O) groups excluding carboxylic acids is 1. The lowest BCUT2D eigenvalue weighted by molar-refractivity contribution is 0.0753. The molecule has 1 N–H and O–H groups in total. The highest BCUT2D eigenvalue weighted by atomic mass is 16.2. The minimum absolute atomic E-state index is 0.0781. The van der Waals surface area contributed by atoms with Gasteiger partial charge in [0.05, 0.1) is 6.54 Å². The Bertz CT molecular complexity index is 1100. The van der Waals surface area contributed by atoms with E-state index in [9.17, 15) is 4.79 Å². The molecule has 0 aliphatic carbocycles. The smallest absolute Gasteiger partial charge is 0.254 e. The molecule has 0 unspecified atom stereocenters. The minimum Gasteiger partial charge on any atom is -0.364 e. The fraction of sp³-hybridized carbons (Fsp3) is 0.192. The maximum atomic E-state index is 13.5. The van der Waals surface area contributed by atoms with Crippen molar-refractivity contribution in [2.24, 2.45) is 0 Å². The average molecular weight is 398 g/mol. The predicted molar refractivity (Wildman–Crippen MR) is 124 cm³/mol. The minimum atomic E-state index is 0.0781. The van der Waals surface area contributed by atoms with E-state index < -0.39 is 0 Å². The second kappa shape index (κ2) is 8.87. The maximum absolute atomic E-state index is 13.5. The van der Waals surface area contributed by atoms with Gasteiger partial charge in [-0.2, -0.15) is 0 Å². The van der Waals surface area contributed by atoms with Crippen LogP contribution in [0.25, 0.3) is 10.8 Å². The summed E-state index contributed by atoms with van der Waals surface area (Å²) in [4.78, 5) is 17.8. The summed E-state index contributed by atoms with van der Waals surface area (Å²) < 4.78 is 0. The summed E-state index contributed by atoms with van der Waals surface area (Å²) in [6, 6.07) is 22.3. The Hall–Kier alpha value is -3.53. The molecule has 0 saturated carbocycles. The van der Waals surface area contributed by atoms with E-state index in [2.05, 4.69) is 47.1 Å². The van der Waals surface area contributed by atoms with Crippen molar-refractivity contribution in [3.8, 4) is 0 Å². The summed E-state index contributed by atoms with van der Waals surface area (Å²) in [6.07, 6.45) is 3.84. The normalized spacial score (nSPS) is 13.9. The van der Waals surface area contributed by atoms with Gasteiger partial charge in [-0.25, -0.2) is 0 Å². The van der Waals surface area contributed by atoms with Crippen LogP contribution in [0.4, 0.5) is 5.69 Å². The standard InChI is InChI=1S/C26H27N3O/c1-3-15-27-20(2)18-28-16-17-29(19-22-10-5-7-14-25(22)28)26(30)24-13-8-11-21-9-4-6-12-23(21)24/h3-15,27H,2,16-19H2,1H3/b15-3-. The van der Waals surface area contributed by atoms with E-state index in [0.29, 0.717) is 19.6 Å². The molecule has 0 radical (unpaired) electrons. The second-order valence-electron chi connectivity index (χ2n) is 7.55. The van der Waals surface area contributed by atoms with Crippen LogP contribution in [0.2, 0.25) is 0 Å². The van der Waals surface area contributed by atoms with Gasteiger partial charge in [0.1, 0.15) is 0 Å². The van der Waals surface area contributed by atoms with Crippen LogP contribution in [-0.2, 0) is 6.54 Å². The molecule has 1 aliphatic rings. The van der Waals surface area contributed by atoms with Gasteiger partial charge in [-0.15, -0.1) is 0 Å². The van der Waals surface area contributed by atoms with Crippen LogP contribution >= 0.6 is 0 Å². The van der Waals surface area contributed by atoms with Crippen LogP contribution in [0.1, 0.15) is 22.8 Å². The molecule has 1 heterocycles. The van der Waals surface area contributed by atoms with E-state index in [1.165, 1.54) is 0 Å². The van der Waals surface area contributed by atoms with E-state index in [-0.39, 0.29) is 5.91 Å². The van der Waals surface area contributed by atoms with Crippen LogP contribution in [0.15, 0.2) is 91.3 Å². The molecule has 1 amide bonds. The first-order valence-electron chi connectivity index (χ1n) is 10.3. The lowest BCUT2D eigenvalue weighted by Gasteiger charge is -2.26. The molecular weight excluding hydrogens is 370 g/mol. The van der Waals surface area contributed by atoms with Crippen molar-refractivity contribution in [3.63, 3.8) is 0 Å². The number of nitrogens with one attached hydrogen (secondary N) is 1. The predicted octanol–water partition coefficient (Wildman–Crippen LogP) is 4.94. The molecule has 0 spiro atoms. The summed E-state index contributed by atoms with van der Waals surface area (Å²) >= 11 is 0. The summed E-state index contributed by atoms with van der Waals surface area (Å²) in [7, 11) is 0. The number of rotatable bonds is 5. The molecule has 4 heteroatoms. The highest BCUT2D eigenvalue weighted by Crippen LogP contribution is 2.27. The van der Waals surface area contributed by atoms with Crippen LogP contribution in [-0.4, -0.2) is 30.4 Å². The quantitative estimate of drug-likeness (QED) is 0.662. The fourth-order valence-electron chi connectivity index (χ4n) is 4.00. The van der Waals surface area contributed by atoms with Crippen molar-refractivity contribution >= 4 is 22.4 Å². The van der Waals surface area contributed by atoms with Gasteiger partial charge in [0.25, 0.3) is 5.91 Å². The average Bonchev–Trinajstić information content (AvgIpc) is 2.96. The molecule has 0 bridgehead atoms. The number of amides is 1. The first-order chi connectivity index (χ1) is 14.7. The molecule has 0 atom stereocenters. The number of fused-ring (bicyclic) bond motifs is 2. The fourth-order valence-corrected chi connectivity index (χ4v) is 4.00. The van der Waals surface area contributed by atoms with Crippen molar-refractivity contribution in [1.29, 1.82) is 0 Å². The molecule has 3 aromatic carbocycles. The third kappa shape index (κ3) is 4.08. The van der Waals surface area contributed by atoms with E-state index >= 15 is 0 Å². The van der Waals surface area contributed by atoms with Crippen LogP contribution < -0.4 is 10.2 Å². The Morgan fingerprint density at radius 3 is 2.67 bits per heavy atom. The maximum Gasteiger partial charge on any atom is 0.254 e. The zero-order chi connectivity index (χ0) is 20.9. The molecule has 4 rings (SSSR count). The number of anilines is 1. The van der Waals surface area contributed by atoms with E-state index in [4.69, 9.17) is 0 Å². The number of carbonyl (C=O) groups is 1. The van der Waals surface area contributed by atoms with Gasteiger partial charge in [-0.05, 0) is 41.6 Å².